The number of benzene rings is 1. The van der Waals surface area contributed by atoms with Gasteiger partial charge in [0.15, 0.2) is 0 Å². The Kier molecular flexibility index (Phi) is 4.48. The molecule has 2 rings (SSSR count). The summed E-state index contributed by atoms with van der Waals surface area (Å²) in [5.41, 5.74) is 4.04. The monoisotopic (exact) mass is 240 g/mol. The largest absolute Gasteiger partial charge is 0.313 e. The van der Waals surface area contributed by atoms with E-state index in [0.717, 1.165) is 12.8 Å². The number of nitrogens with one attached hydrogen (secondary N) is 1. The van der Waals surface area contributed by atoms with Crippen LogP contribution in [0.4, 0.5) is 0 Å². The summed E-state index contributed by atoms with van der Waals surface area (Å²) in [6, 6.07) is 13.4. The maximum Gasteiger partial charge on any atom is 0.0358 e. The first-order chi connectivity index (χ1) is 8.83. The number of nitrogens with zero attached hydrogens (tertiary/aromatic N) is 1. The van der Waals surface area contributed by atoms with Crippen molar-refractivity contribution in [2.75, 3.05) is 7.05 Å². The molecule has 1 unspecified atom stereocenters. The Bertz CT molecular complexity index is 462. The van der Waals surface area contributed by atoms with E-state index in [1.54, 1.807) is 0 Å². The van der Waals surface area contributed by atoms with Gasteiger partial charge >= 0.3 is 0 Å². The Morgan fingerprint density at radius 1 is 1.00 bits per heavy atom. The molecule has 0 saturated carbocycles. The molecule has 0 aliphatic rings. The minimum absolute atomic E-state index is 0.360. The molecule has 1 aromatic heterocycles. The Labute approximate surface area is 109 Å². The number of pyridine rings is 1. The van der Waals surface area contributed by atoms with Gasteiger partial charge in [-0.05, 0) is 48.7 Å². The standard InChI is InChI=1S/C16H20N2/c1-3-13-4-6-15(7-5-13)16(17-2)12-14-8-10-18-11-9-14/h4-11,16-17H,3,12H2,1-2H3. The summed E-state index contributed by atoms with van der Waals surface area (Å²) in [6.45, 7) is 2.18. The van der Waals surface area contributed by atoms with Gasteiger partial charge in [-0.2, -0.15) is 0 Å². The Hall–Kier alpha value is -1.67. The lowest BCUT2D eigenvalue weighted by molar-refractivity contribution is 0.591. The number of hydrogen-bond acceptors (Lipinski definition) is 2. The molecule has 1 heterocycles. The van der Waals surface area contributed by atoms with Gasteiger partial charge in [0.1, 0.15) is 0 Å². The molecule has 2 heteroatoms. The van der Waals surface area contributed by atoms with Crippen molar-refractivity contribution in [1.29, 1.82) is 0 Å². The average Bonchev–Trinajstić information content (AvgIpc) is 2.46. The fourth-order valence-electron chi connectivity index (χ4n) is 2.13. The zero-order valence-corrected chi connectivity index (χ0v) is 11.1. The van der Waals surface area contributed by atoms with Crippen LogP contribution in [0.25, 0.3) is 0 Å². The summed E-state index contributed by atoms with van der Waals surface area (Å²) in [4.78, 5) is 4.05. The first-order valence-corrected chi connectivity index (χ1v) is 6.48. The lowest BCUT2D eigenvalue weighted by Crippen LogP contribution is -2.18. The van der Waals surface area contributed by atoms with Gasteiger partial charge in [0.2, 0.25) is 0 Å². The van der Waals surface area contributed by atoms with Crippen LogP contribution < -0.4 is 5.32 Å². The topological polar surface area (TPSA) is 24.9 Å². The second-order valence-electron chi connectivity index (χ2n) is 4.50. The first-order valence-electron chi connectivity index (χ1n) is 6.48. The highest BCUT2D eigenvalue weighted by Crippen LogP contribution is 2.18. The van der Waals surface area contributed by atoms with Crippen LogP contribution in [0.3, 0.4) is 0 Å². The molecule has 0 radical (unpaired) electrons. The summed E-state index contributed by atoms with van der Waals surface area (Å²) in [5, 5.41) is 3.38. The Morgan fingerprint density at radius 2 is 1.67 bits per heavy atom. The van der Waals surface area contributed by atoms with E-state index in [4.69, 9.17) is 0 Å². The van der Waals surface area contributed by atoms with E-state index < -0.39 is 0 Å². The summed E-state index contributed by atoms with van der Waals surface area (Å²) < 4.78 is 0. The van der Waals surface area contributed by atoms with E-state index in [2.05, 4.69) is 53.6 Å². The molecule has 0 spiro atoms. The van der Waals surface area contributed by atoms with Gasteiger partial charge in [-0.1, -0.05) is 31.2 Å². The highest BCUT2D eigenvalue weighted by Gasteiger charge is 2.09. The van der Waals surface area contributed by atoms with Crippen LogP contribution in [0.2, 0.25) is 0 Å². The van der Waals surface area contributed by atoms with E-state index in [1.165, 1.54) is 16.7 Å². The highest BCUT2D eigenvalue weighted by atomic mass is 14.9. The number of rotatable bonds is 5. The van der Waals surface area contributed by atoms with E-state index in [-0.39, 0.29) is 0 Å². The van der Waals surface area contributed by atoms with E-state index in [9.17, 15) is 0 Å². The predicted octanol–water partition coefficient (Wildman–Crippen LogP) is 3.15. The molecule has 1 atom stereocenters. The van der Waals surface area contributed by atoms with Crippen molar-refractivity contribution < 1.29 is 0 Å². The van der Waals surface area contributed by atoms with Crippen LogP contribution in [0, 0.1) is 0 Å². The van der Waals surface area contributed by atoms with Crippen LogP contribution in [-0.4, -0.2) is 12.0 Å². The second kappa shape index (κ2) is 6.31. The number of aromatic nitrogens is 1. The number of aryl methyl sites for hydroxylation is 1. The molecule has 94 valence electrons. The first kappa shape index (κ1) is 12.8. The van der Waals surface area contributed by atoms with Gasteiger partial charge in [-0.3, -0.25) is 4.98 Å². The molecule has 0 aliphatic carbocycles. The summed E-state index contributed by atoms with van der Waals surface area (Å²) in [5.74, 6) is 0. The Balaban J connectivity index is 2.12. The summed E-state index contributed by atoms with van der Waals surface area (Å²) >= 11 is 0. The molecule has 0 amide bonds. The number of likely N-dealkylation sites (N-methyl/N-ethyl adjacent to an activating group) is 1. The average molecular weight is 240 g/mol. The fourth-order valence-corrected chi connectivity index (χ4v) is 2.13. The summed E-state index contributed by atoms with van der Waals surface area (Å²) in [6.07, 6.45) is 5.78. The maximum atomic E-state index is 4.05. The van der Waals surface area contributed by atoms with E-state index in [0.29, 0.717) is 6.04 Å². The molecule has 18 heavy (non-hydrogen) atoms. The van der Waals surface area contributed by atoms with Gasteiger partial charge < -0.3 is 5.32 Å². The zero-order chi connectivity index (χ0) is 12.8. The highest BCUT2D eigenvalue weighted by molar-refractivity contribution is 5.26. The number of hydrogen-bond donors (Lipinski definition) is 1. The third-order valence-corrected chi connectivity index (χ3v) is 3.33. The quantitative estimate of drug-likeness (QED) is 0.868. The molecular formula is C16H20N2. The van der Waals surface area contributed by atoms with Gasteiger partial charge in [0.25, 0.3) is 0 Å². The van der Waals surface area contributed by atoms with Gasteiger partial charge in [-0.25, -0.2) is 0 Å². The SMILES string of the molecule is CCc1ccc(C(Cc2ccncc2)NC)cc1. The molecule has 0 fully saturated rings. The van der Waals surface area contributed by atoms with Crippen molar-refractivity contribution in [1.82, 2.24) is 10.3 Å². The van der Waals surface area contributed by atoms with E-state index in [1.807, 2.05) is 19.4 Å². The third kappa shape index (κ3) is 3.17. The van der Waals surface area contributed by atoms with Crippen LogP contribution in [-0.2, 0) is 12.8 Å². The van der Waals surface area contributed by atoms with Gasteiger partial charge in [-0.15, -0.1) is 0 Å². The van der Waals surface area contributed by atoms with Crippen molar-refractivity contribution >= 4 is 0 Å². The lowest BCUT2D eigenvalue weighted by atomic mass is 9.98. The van der Waals surface area contributed by atoms with E-state index >= 15 is 0 Å². The van der Waals surface area contributed by atoms with Crippen LogP contribution in [0.5, 0.6) is 0 Å². The van der Waals surface area contributed by atoms with Crippen molar-refractivity contribution in [2.45, 2.75) is 25.8 Å². The Morgan fingerprint density at radius 3 is 2.22 bits per heavy atom. The normalized spacial score (nSPS) is 12.3. The van der Waals surface area contributed by atoms with Crippen molar-refractivity contribution in [2.24, 2.45) is 0 Å². The third-order valence-electron chi connectivity index (χ3n) is 3.33. The second-order valence-corrected chi connectivity index (χ2v) is 4.50. The molecular weight excluding hydrogens is 220 g/mol. The molecule has 1 N–H and O–H groups in total. The molecule has 2 nitrogen and oxygen atoms in total. The zero-order valence-electron chi connectivity index (χ0n) is 11.1. The minimum Gasteiger partial charge on any atom is -0.313 e. The molecule has 0 aliphatic heterocycles. The smallest absolute Gasteiger partial charge is 0.0358 e. The van der Waals surface area contributed by atoms with Crippen molar-refractivity contribution in [3.05, 3.63) is 65.5 Å². The molecule has 0 bridgehead atoms. The molecule has 0 saturated heterocycles. The maximum absolute atomic E-state index is 4.05. The fraction of sp³-hybridized carbons (Fsp3) is 0.312. The van der Waals surface area contributed by atoms with Crippen molar-refractivity contribution in [3.8, 4) is 0 Å². The van der Waals surface area contributed by atoms with Crippen LogP contribution in [0.1, 0.15) is 29.7 Å². The minimum atomic E-state index is 0.360. The van der Waals surface area contributed by atoms with Crippen molar-refractivity contribution in [3.63, 3.8) is 0 Å². The van der Waals surface area contributed by atoms with Gasteiger partial charge in [0, 0.05) is 18.4 Å². The van der Waals surface area contributed by atoms with Crippen LogP contribution in [0.15, 0.2) is 48.8 Å². The predicted molar refractivity (Wildman–Crippen MR) is 75.6 cm³/mol. The van der Waals surface area contributed by atoms with Crippen LogP contribution >= 0.6 is 0 Å². The molecule has 1 aromatic carbocycles. The van der Waals surface area contributed by atoms with Gasteiger partial charge in [0.05, 0.1) is 0 Å². The molecule has 2 aromatic rings. The summed E-state index contributed by atoms with van der Waals surface area (Å²) in [7, 11) is 2.01. The lowest BCUT2D eigenvalue weighted by Gasteiger charge is -2.17.